The molecule has 0 unspecified atom stereocenters. The van der Waals surface area contributed by atoms with Crippen molar-refractivity contribution in [2.75, 3.05) is 20.2 Å². The monoisotopic (exact) mass is 386 g/mol. The summed E-state index contributed by atoms with van der Waals surface area (Å²) in [6.45, 7) is 14.3. The molecule has 1 atom stereocenters. The number of carbonyl (C=O) groups is 2. The molecule has 0 aliphatic rings. The van der Waals surface area contributed by atoms with Gasteiger partial charge in [-0.2, -0.15) is 13.5 Å². The van der Waals surface area contributed by atoms with E-state index in [-0.39, 0.29) is 30.9 Å². The Balaban J connectivity index is 0. The van der Waals surface area contributed by atoms with E-state index in [1.807, 2.05) is 12.2 Å². The van der Waals surface area contributed by atoms with Crippen LogP contribution in [0.15, 0.2) is 25.3 Å². The average molecular weight is 387 g/mol. The summed E-state index contributed by atoms with van der Waals surface area (Å²) in [5.74, 6) is -0.363. The minimum Gasteiger partial charge on any atom is -0.464 e. The van der Waals surface area contributed by atoms with Crippen LogP contribution >= 0.6 is 13.5 Å². The molecule has 0 aliphatic carbocycles. The Morgan fingerprint density at radius 2 is 1.85 bits per heavy atom. The molecule has 0 aromatic rings. The number of allylic oxidation sites excluding steroid dienone is 2. The molecular weight excluding hydrogens is 348 g/mol. The minimum atomic E-state index is -0.596. The number of carbonyl (C=O) groups excluding carboxylic acids is 2. The Labute approximate surface area is 166 Å². The molecule has 1 N–H and O–H groups in total. The summed E-state index contributed by atoms with van der Waals surface area (Å²) >= 11 is 0. The zero-order valence-electron chi connectivity index (χ0n) is 17.0. The van der Waals surface area contributed by atoms with Crippen LogP contribution in [0.25, 0.3) is 0 Å². The molecule has 6 heteroatoms. The van der Waals surface area contributed by atoms with Gasteiger partial charge >= 0.3 is 12.0 Å². The molecular formula is C20H38N2O3S. The van der Waals surface area contributed by atoms with Crippen LogP contribution in [0.2, 0.25) is 0 Å². The van der Waals surface area contributed by atoms with Gasteiger partial charge in [0.05, 0.1) is 6.61 Å². The van der Waals surface area contributed by atoms with Crippen LogP contribution in [0.1, 0.15) is 59.3 Å². The highest BCUT2D eigenvalue weighted by Gasteiger charge is 2.26. The lowest BCUT2D eigenvalue weighted by molar-refractivity contribution is -0.145. The highest BCUT2D eigenvalue weighted by molar-refractivity contribution is 7.59. The summed E-state index contributed by atoms with van der Waals surface area (Å²) in [5.41, 5.74) is -0.0576. The maximum atomic E-state index is 12.4. The molecule has 0 radical (unpaired) electrons. The number of unbranched alkanes of at least 4 members (excludes halogenated alkanes) is 3. The Bertz CT molecular complexity index is 439. The first-order chi connectivity index (χ1) is 11.8. The maximum Gasteiger partial charge on any atom is 0.328 e. The van der Waals surface area contributed by atoms with Gasteiger partial charge in [0.2, 0.25) is 0 Å². The van der Waals surface area contributed by atoms with E-state index in [1.54, 1.807) is 18.9 Å². The SMILES string of the molecule is C=CCCCCC[C@H](NC(=O)N(C)CC(C)(C)CC=C)C(=O)OCC.S. The highest BCUT2D eigenvalue weighted by Crippen LogP contribution is 2.21. The van der Waals surface area contributed by atoms with Crippen molar-refractivity contribution >= 4 is 25.5 Å². The van der Waals surface area contributed by atoms with Gasteiger partial charge in [0.25, 0.3) is 0 Å². The number of esters is 1. The van der Waals surface area contributed by atoms with E-state index in [9.17, 15) is 9.59 Å². The number of amides is 2. The quantitative estimate of drug-likeness (QED) is 0.290. The molecule has 0 aliphatic heterocycles. The third kappa shape index (κ3) is 12.0. The summed E-state index contributed by atoms with van der Waals surface area (Å²) in [6.07, 6.45) is 9.03. The highest BCUT2D eigenvalue weighted by atomic mass is 32.1. The van der Waals surface area contributed by atoms with Crippen molar-refractivity contribution in [3.05, 3.63) is 25.3 Å². The number of nitrogens with zero attached hydrogens (tertiary/aromatic N) is 1. The number of hydrogen-bond acceptors (Lipinski definition) is 3. The lowest BCUT2D eigenvalue weighted by atomic mass is 9.89. The van der Waals surface area contributed by atoms with Crippen molar-refractivity contribution in [1.82, 2.24) is 10.2 Å². The van der Waals surface area contributed by atoms with Gasteiger partial charge in [0, 0.05) is 13.6 Å². The second-order valence-corrected chi connectivity index (χ2v) is 7.19. The van der Waals surface area contributed by atoms with Crippen LogP contribution in [-0.4, -0.2) is 43.1 Å². The fourth-order valence-electron chi connectivity index (χ4n) is 2.73. The zero-order chi connectivity index (χ0) is 19.3. The smallest absolute Gasteiger partial charge is 0.328 e. The van der Waals surface area contributed by atoms with Crippen LogP contribution in [0, 0.1) is 5.41 Å². The molecule has 0 rings (SSSR count). The standard InChI is InChI=1S/C20H36N2O3.H2S/c1-7-10-11-12-13-14-17(18(23)25-9-3)21-19(24)22(6)16-20(4,5)15-8-2;/h7-8,17H,1-2,9-16H2,3-6H3,(H,21,24);1H2/t17-;/m0./s1. The first-order valence-corrected chi connectivity index (χ1v) is 9.17. The van der Waals surface area contributed by atoms with E-state index >= 15 is 0 Å². The number of urea groups is 1. The van der Waals surface area contributed by atoms with Crippen LogP contribution in [0.5, 0.6) is 0 Å². The Kier molecular flexibility index (Phi) is 15.2. The van der Waals surface area contributed by atoms with Gasteiger partial charge in [-0.05, 0) is 38.0 Å². The third-order valence-electron chi connectivity index (χ3n) is 3.98. The van der Waals surface area contributed by atoms with Crippen LogP contribution in [0.3, 0.4) is 0 Å². The topological polar surface area (TPSA) is 58.6 Å². The molecule has 0 aromatic carbocycles. The molecule has 0 saturated heterocycles. The Hall–Kier alpha value is -1.43. The van der Waals surface area contributed by atoms with E-state index in [4.69, 9.17) is 4.74 Å². The van der Waals surface area contributed by atoms with Crippen molar-refractivity contribution in [2.45, 2.75) is 65.3 Å². The molecule has 0 aromatic heterocycles. The number of hydrogen-bond donors (Lipinski definition) is 1. The van der Waals surface area contributed by atoms with Crippen LogP contribution < -0.4 is 5.32 Å². The van der Waals surface area contributed by atoms with Crippen molar-refractivity contribution in [1.29, 1.82) is 0 Å². The van der Waals surface area contributed by atoms with E-state index in [1.165, 1.54) is 0 Å². The second-order valence-electron chi connectivity index (χ2n) is 7.19. The fourth-order valence-corrected chi connectivity index (χ4v) is 2.73. The first-order valence-electron chi connectivity index (χ1n) is 9.17. The largest absolute Gasteiger partial charge is 0.464 e. The van der Waals surface area contributed by atoms with Crippen molar-refractivity contribution in [2.24, 2.45) is 5.41 Å². The second kappa shape index (κ2) is 14.7. The van der Waals surface area contributed by atoms with Gasteiger partial charge in [-0.15, -0.1) is 13.2 Å². The van der Waals surface area contributed by atoms with Crippen molar-refractivity contribution in [3.8, 4) is 0 Å². The van der Waals surface area contributed by atoms with Crippen LogP contribution in [-0.2, 0) is 9.53 Å². The maximum absolute atomic E-state index is 12.4. The molecule has 152 valence electrons. The predicted molar refractivity (Wildman–Crippen MR) is 114 cm³/mol. The van der Waals surface area contributed by atoms with E-state index in [2.05, 4.69) is 32.3 Å². The average Bonchev–Trinajstić information content (AvgIpc) is 2.52. The number of rotatable bonds is 13. The van der Waals surface area contributed by atoms with Crippen molar-refractivity contribution in [3.63, 3.8) is 0 Å². The van der Waals surface area contributed by atoms with Gasteiger partial charge in [0.15, 0.2) is 0 Å². The first kappa shape index (κ1) is 26.8. The Morgan fingerprint density at radius 3 is 2.38 bits per heavy atom. The molecule has 26 heavy (non-hydrogen) atoms. The normalized spacial score (nSPS) is 11.7. The van der Waals surface area contributed by atoms with Gasteiger partial charge < -0.3 is 15.0 Å². The summed E-state index contributed by atoms with van der Waals surface area (Å²) in [7, 11) is 1.74. The number of ether oxygens (including phenoxy) is 1. The van der Waals surface area contributed by atoms with E-state index in [0.29, 0.717) is 19.6 Å². The van der Waals surface area contributed by atoms with Gasteiger partial charge in [-0.25, -0.2) is 9.59 Å². The van der Waals surface area contributed by atoms with Crippen molar-refractivity contribution < 1.29 is 14.3 Å². The lowest BCUT2D eigenvalue weighted by Crippen LogP contribution is -2.49. The van der Waals surface area contributed by atoms with Gasteiger partial charge in [0.1, 0.15) is 6.04 Å². The summed E-state index contributed by atoms with van der Waals surface area (Å²) < 4.78 is 5.10. The number of nitrogens with one attached hydrogen (secondary N) is 1. The molecule has 0 saturated carbocycles. The summed E-state index contributed by atoms with van der Waals surface area (Å²) in [6, 6.07) is -0.845. The molecule has 0 fully saturated rings. The molecule has 0 heterocycles. The molecule has 0 spiro atoms. The van der Waals surface area contributed by atoms with Crippen LogP contribution in [0.4, 0.5) is 4.79 Å². The summed E-state index contributed by atoms with van der Waals surface area (Å²) in [4.78, 5) is 26.2. The van der Waals surface area contributed by atoms with E-state index < -0.39 is 6.04 Å². The van der Waals surface area contributed by atoms with Gasteiger partial charge in [-0.1, -0.05) is 38.8 Å². The molecule has 5 nitrogen and oxygen atoms in total. The molecule has 0 bridgehead atoms. The predicted octanol–water partition coefficient (Wildman–Crippen LogP) is 4.41. The van der Waals surface area contributed by atoms with Gasteiger partial charge in [-0.3, -0.25) is 0 Å². The summed E-state index contributed by atoms with van der Waals surface area (Å²) in [5, 5.41) is 2.82. The minimum absolute atomic E-state index is 0. The zero-order valence-corrected chi connectivity index (χ0v) is 18.0. The molecule has 2 amide bonds. The fraction of sp³-hybridized carbons (Fsp3) is 0.700. The lowest BCUT2D eigenvalue weighted by Gasteiger charge is -2.30. The Morgan fingerprint density at radius 1 is 1.19 bits per heavy atom. The van der Waals surface area contributed by atoms with E-state index in [0.717, 1.165) is 32.1 Å². The third-order valence-corrected chi connectivity index (χ3v) is 3.98.